The summed E-state index contributed by atoms with van der Waals surface area (Å²) < 4.78 is 0.837. The minimum atomic E-state index is -0.849. The van der Waals surface area contributed by atoms with Gasteiger partial charge in [0.05, 0.1) is 0 Å². The van der Waals surface area contributed by atoms with Crippen molar-refractivity contribution in [2.45, 2.75) is 26.3 Å². The highest BCUT2D eigenvalue weighted by molar-refractivity contribution is 9.10. The van der Waals surface area contributed by atoms with Crippen molar-refractivity contribution >= 4 is 21.9 Å². The van der Waals surface area contributed by atoms with Crippen LogP contribution in [0.5, 0.6) is 0 Å². The zero-order valence-electron chi connectivity index (χ0n) is 9.46. The fraction of sp³-hybridized carbons (Fsp3) is 0.417. The standard InChI is InChI=1S/C12H16BrNO2/c1-3-6-14-11(12(15)16)9-5-4-8(2)7-10(9)13/h4-5,7,11,14H,3,6H2,1-2H3,(H,15,16). The third-order valence-corrected chi connectivity index (χ3v) is 3.00. The van der Waals surface area contributed by atoms with E-state index in [4.69, 9.17) is 5.11 Å². The lowest BCUT2D eigenvalue weighted by molar-refractivity contribution is -0.139. The van der Waals surface area contributed by atoms with Gasteiger partial charge in [0.15, 0.2) is 0 Å². The number of benzene rings is 1. The van der Waals surface area contributed by atoms with Gasteiger partial charge >= 0.3 is 5.97 Å². The number of carbonyl (C=O) groups is 1. The molecule has 1 aromatic rings. The number of halogens is 1. The van der Waals surface area contributed by atoms with Crippen LogP contribution in [-0.2, 0) is 4.79 Å². The number of carboxylic acids is 1. The highest BCUT2D eigenvalue weighted by atomic mass is 79.9. The molecule has 16 heavy (non-hydrogen) atoms. The first-order chi connectivity index (χ1) is 7.56. The number of aryl methyl sites for hydroxylation is 1. The highest BCUT2D eigenvalue weighted by Gasteiger charge is 2.20. The van der Waals surface area contributed by atoms with Crippen LogP contribution in [0.3, 0.4) is 0 Å². The van der Waals surface area contributed by atoms with Crippen LogP contribution in [0.2, 0.25) is 0 Å². The van der Waals surface area contributed by atoms with Crippen LogP contribution in [0.15, 0.2) is 22.7 Å². The summed E-state index contributed by atoms with van der Waals surface area (Å²) >= 11 is 3.40. The number of aliphatic carboxylic acids is 1. The lowest BCUT2D eigenvalue weighted by Gasteiger charge is -2.16. The van der Waals surface area contributed by atoms with Gasteiger partial charge in [-0.2, -0.15) is 0 Å². The third-order valence-electron chi connectivity index (χ3n) is 2.31. The molecule has 0 bridgehead atoms. The number of hydrogen-bond acceptors (Lipinski definition) is 2. The van der Waals surface area contributed by atoms with Crippen LogP contribution < -0.4 is 5.32 Å². The molecule has 1 aromatic carbocycles. The molecule has 1 atom stereocenters. The summed E-state index contributed by atoms with van der Waals surface area (Å²) in [7, 11) is 0. The van der Waals surface area contributed by atoms with Gasteiger partial charge < -0.3 is 10.4 Å². The van der Waals surface area contributed by atoms with Gasteiger partial charge in [-0.05, 0) is 37.1 Å². The molecule has 4 heteroatoms. The van der Waals surface area contributed by atoms with Crippen molar-refractivity contribution in [1.29, 1.82) is 0 Å². The van der Waals surface area contributed by atoms with Crippen molar-refractivity contribution in [2.75, 3.05) is 6.54 Å². The Balaban J connectivity index is 2.96. The largest absolute Gasteiger partial charge is 0.480 e. The minimum absolute atomic E-state index is 0.644. The molecule has 0 aliphatic carbocycles. The summed E-state index contributed by atoms with van der Waals surface area (Å²) in [6.45, 7) is 4.68. The lowest BCUT2D eigenvalue weighted by atomic mass is 10.1. The summed E-state index contributed by atoms with van der Waals surface area (Å²) in [5.74, 6) is -0.849. The summed E-state index contributed by atoms with van der Waals surface area (Å²) in [5.41, 5.74) is 1.88. The maximum atomic E-state index is 11.2. The molecule has 1 unspecified atom stereocenters. The second-order valence-corrected chi connectivity index (χ2v) is 4.60. The van der Waals surface area contributed by atoms with Crippen molar-refractivity contribution in [3.8, 4) is 0 Å². The van der Waals surface area contributed by atoms with Gasteiger partial charge in [0.2, 0.25) is 0 Å². The van der Waals surface area contributed by atoms with E-state index in [0.29, 0.717) is 6.54 Å². The molecule has 0 aliphatic rings. The van der Waals surface area contributed by atoms with E-state index in [2.05, 4.69) is 21.2 Å². The van der Waals surface area contributed by atoms with Crippen LogP contribution in [0.4, 0.5) is 0 Å². The average molecular weight is 286 g/mol. The number of carboxylic acid groups (broad SMARTS) is 1. The molecule has 0 amide bonds. The minimum Gasteiger partial charge on any atom is -0.480 e. The summed E-state index contributed by atoms with van der Waals surface area (Å²) in [5, 5.41) is 12.2. The Labute approximate surface area is 104 Å². The Morgan fingerprint density at radius 3 is 2.75 bits per heavy atom. The molecule has 0 fully saturated rings. The maximum absolute atomic E-state index is 11.2. The fourth-order valence-electron chi connectivity index (χ4n) is 1.49. The van der Waals surface area contributed by atoms with E-state index in [9.17, 15) is 4.79 Å². The Bertz CT molecular complexity index is 379. The van der Waals surface area contributed by atoms with Gasteiger partial charge in [0, 0.05) is 4.47 Å². The van der Waals surface area contributed by atoms with Gasteiger partial charge in [-0.25, -0.2) is 0 Å². The van der Waals surface area contributed by atoms with Crippen LogP contribution in [0.1, 0.15) is 30.5 Å². The Morgan fingerprint density at radius 1 is 1.56 bits per heavy atom. The Morgan fingerprint density at radius 2 is 2.25 bits per heavy atom. The first kappa shape index (κ1) is 13.2. The third kappa shape index (κ3) is 3.32. The molecular weight excluding hydrogens is 270 g/mol. The second kappa shape index (κ2) is 6.01. The predicted molar refractivity (Wildman–Crippen MR) is 67.5 cm³/mol. The van der Waals surface area contributed by atoms with Crippen LogP contribution in [0.25, 0.3) is 0 Å². The topological polar surface area (TPSA) is 49.3 Å². The van der Waals surface area contributed by atoms with Gasteiger partial charge in [0.1, 0.15) is 6.04 Å². The Hall–Kier alpha value is -0.870. The molecule has 0 aromatic heterocycles. The van der Waals surface area contributed by atoms with Gasteiger partial charge in [-0.1, -0.05) is 35.0 Å². The van der Waals surface area contributed by atoms with Crippen LogP contribution >= 0.6 is 15.9 Å². The molecule has 0 radical (unpaired) electrons. The van der Waals surface area contributed by atoms with Crippen molar-refractivity contribution < 1.29 is 9.90 Å². The molecule has 1 rings (SSSR count). The average Bonchev–Trinajstić information content (AvgIpc) is 2.20. The molecule has 0 heterocycles. The number of hydrogen-bond donors (Lipinski definition) is 2. The number of nitrogens with one attached hydrogen (secondary N) is 1. The molecule has 0 aliphatic heterocycles. The van der Waals surface area contributed by atoms with Crippen molar-refractivity contribution in [3.05, 3.63) is 33.8 Å². The fourth-order valence-corrected chi connectivity index (χ4v) is 2.21. The molecule has 0 saturated heterocycles. The molecule has 88 valence electrons. The van der Waals surface area contributed by atoms with Gasteiger partial charge in [0.25, 0.3) is 0 Å². The van der Waals surface area contributed by atoms with Crippen molar-refractivity contribution in [3.63, 3.8) is 0 Å². The zero-order chi connectivity index (χ0) is 12.1. The van der Waals surface area contributed by atoms with Crippen LogP contribution in [-0.4, -0.2) is 17.6 Å². The van der Waals surface area contributed by atoms with Crippen LogP contribution in [0, 0.1) is 6.92 Å². The van der Waals surface area contributed by atoms with E-state index in [1.165, 1.54) is 0 Å². The monoisotopic (exact) mass is 285 g/mol. The molecule has 2 N–H and O–H groups in total. The Kier molecular flexibility index (Phi) is 4.96. The molecule has 0 saturated carbocycles. The number of rotatable bonds is 5. The first-order valence-electron chi connectivity index (χ1n) is 5.28. The van der Waals surface area contributed by atoms with Crippen molar-refractivity contribution in [2.24, 2.45) is 0 Å². The smallest absolute Gasteiger partial charge is 0.325 e. The normalized spacial score (nSPS) is 12.4. The predicted octanol–water partition coefficient (Wildman–Crippen LogP) is 2.88. The highest BCUT2D eigenvalue weighted by Crippen LogP contribution is 2.24. The van der Waals surface area contributed by atoms with E-state index in [-0.39, 0.29) is 0 Å². The van der Waals surface area contributed by atoms with E-state index in [1.54, 1.807) is 0 Å². The zero-order valence-corrected chi connectivity index (χ0v) is 11.0. The van der Waals surface area contributed by atoms with Crippen molar-refractivity contribution in [1.82, 2.24) is 5.32 Å². The molecule has 0 spiro atoms. The first-order valence-corrected chi connectivity index (χ1v) is 6.07. The summed E-state index contributed by atoms with van der Waals surface area (Å²) in [4.78, 5) is 11.2. The quantitative estimate of drug-likeness (QED) is 0.875. The summed E-state index contributed by atoms with van der Waals surface area (Å²) in [6, 6.07) is 5.05. The summed E-state index contributed by atoms with van der Waals surface area (Å²) in [6.07, 6.45) is 0.910. The van der Waals surface area contributed by atoms with E-state index < -0.39 is 12.0 Å². The van der Waals surface area contributed by atoms with Gasteiger partial charge in [-0.3, -0.25) is 4.79 Å². The van der Waals surface area contributed by atoms with E-state index >= 15 is 0 Å². The van der Waals surface area contributed by atoms with E-state index in [1.807, 2.05) is 32.0 Å². The maximum Gasteiger partial charge on any atom is 0.325 e. The second-order valence-electron chi connectivity index (χ2n) is 3.75. The van der Waals surface area contributed by atoms with Gasteiger partial charge in [-0.15, -0.1) is 0 Å². The van der Waals surface area contributed by atoms with E-state index in [0.717, 1.165) is 22.0 Å². The lowest BCUT2D eigenvalue weighted by Crippen LogP contribution is -2.29. The molecular formula is C12H16BrNO2. The molecule has 3 nitrogen and oxygen atoms in total. The SMILES string of the molecule is CCCNC(C(=O)O)c1ccc(C)cc1Br.